The molecule has 2 aromatic rings. The van der Waals surface area contributed by atoms with Crippen LogP contribution in [0, 0.1) is 5.92 Å². The fraction of sp³-hybridized carbons (Fsp3) is 0.500. The Balaban J connectivity index is 1.46. The minimum atomic E-state index is 0.984. The van der Waals surface area contributed by atoms with Crippen molar-refractivity contribution in [2.75, 3.05) is 13.1 Å². The van der Waals surface area contributed by atoms with Gasteiger partial charge >= 0.3 is 0 Å². The van der Waals surface area contributed by atoms with E-state index in [1.807, 2.05) is 11.3 Å². The van der Waals surface area contributed by atoms with E-state index < -0.39 is 0 Å². The number of fused-ring (bicyclic) bond motifs is 1. The summed E-state index contributed by atoms with van der Waals surface area (Å²) in [5.74, 6) is 0.984. The maximum Gasteiger partial charge on any atom is 0.0939 e. The smallest absolute Gasteiger partial charge is 0.0939 e. The average molecular weight is 246 g/mol. The van der Waals surface area contributed by atoms with E-state index in [2.05, 4.69) is 34.6 Å². The van der Waals surface area contributed by atoms with Gasteiger partial charge in [-0.1, -0.05) is 12.1 Å². The molecule has 0 radical (unpaired) electrons. The topological polar surface area (TPSA) is 24.9 Å². The van der Waals surface area contributed by atoms with Crippen LogP contribution in [0.25, 0.3) is 10.2 Å². The predicted octanol–water partition coefficient (Wildman–Crippen LogP) is 3.23. The molecule has 0 aliphatic heterocycles. The number of nitrogens with one attached hydrogen (secondary N) is 1. The third-order valence-electron chi connectivity index (χ3n) is 3.21. The molecule has 0 amide bonds. The normalized spacial score (nSPS) is 15.5. The van der Waals surface area contributed by atoms with E-state index in [0.717, 1.165) is 24.4 Å². The van der Waals surface area contributed by atoms with E-state index in [0.29, 0.717) is 0 Å². The standard InChI is InChI=1S/C14H18N2S/c1-2-5-13-12(4-1)16-14(17-13)6-3-9-15-10-11-7-8-11/h1-2,4-5,11,15H,3,6-10H2. The van der Waals surface area contributed by atoms with Crippen molar-refractivity contribution in [3.8, 4) is 0 Å². The van der Waals surface area contributed by atoms with Crippen molar-refractivity contribution in [2.24, 2.45) is 5.92 Å². The molecule has 1 aromatic heterocycles. The minimum absolute atomic E-state index is 0.984. The number of rotatable bonds is 6. The van der Waals surface area contributed by atoms with E-state index in [-0.39, 0.29) is 0 Å². The molecule has 1 fully saturated rings. The zero-order chi connectivity index (χ0) is 11.5. The number of aromatic nitrogens is 1. The predicted molar refractivity (Wildman–Crippen MR) is 73.5 cm³/mol. The molecule has 0 unspecified atom stereocenters. The minimum Gasteiger partial charge on any atom is -0.316 e. The van der Waals surface area contributed by atoms with Crippen molar-refractivity contribution in [1.29, 1.82) is 0 Å². The highest BCUT2D eigenvalue weighted by Gasteiger charge is 2.19. The maximum absolute atomic E-state index is 4.65. The molecule has 1 saturated carbocycles. The molecule has 0 atom stereocenters. The monoisotopic (exact) mass is 246 g/mol. The molecule has 1 heterocycles. The first-order chi connectivity index (χ1) is 8.42. The highest BCUT2D eigenvalue weighted by atomic mass is 32.1. The van der Waals surface area contributed by atoms with Crippen molar-refractivity contribution in [3.05, 3.63) is 29.3 Å². The van der Waals surface area contributed by atoms with Gasteiger partial charge in [-0.2, -0.15) is 0 Å². The SMILES string of the molecule is c1ccc2sc(CCCNCC3CC3)nc2c1. The van der Waals surface area contributed by atoms with E-state index in [1.165, 1.54) is 35.5 Å². The summed E-state index contributed by atoms with van der Waals surface area (Å²) in [5, 5.41) is 4.81. The lowest BCUT2D eigenvalue weighted by Gasteiger charge is -2.01. The number of hydrogen-bond acceptors (Lipinski definition) is 3. The van der Waals surface area contributed by atoms with Crippen LogP contribution < -0.4 is 5.32 Å². The van der Waals surface area contributed by atoms with Crippen LogP contribution in [-0.2, 0) is 6.42 Å². The Bertz CT molecular complexity index is 455. The average Bonchev–Trinajstić information content (AvgIpc) is 3.07. The van der Waals surface area contributed by atoms with Crippen LogP contribution in [-0.4, -0.2) is 18.1 Å². The Hall–Kier alpha value is -0.930. The molecule has 3 heteroatoms. The molecule has 1 aliphatic rings. The first-order valence-corrected chi connectivity index (χ1v) is 7.28. The van der Waals surface area contributed by atoms with Gasteiger partial charge in [0.2, 0.25) is 0 Å². The zero-order valence-corrected chi connectivity index (χ0v) is 10.8. The number of para-hydroxylation sites is 1. The van der Waals surface area contributed by atoms with Crippen molar-refractivity contribution in [1.82, 2.24) is 10.3 Å². The fourth-order valence-electron chi connectivity index (χ4n) is 2.02. The van der Waals surface area contributed by atoms with Crippen LogP contribution >= 0.6 is 11.3 Å². The summed E-state index contributed by atoms with van der Waals surface area (Å²) in [7, 11) is 0. The molecule has 1 aliphatic carbocycles. The lowest BCUT2D eigenvalue weighted by molar-refractivity contribution is 0.613. The third kappa shape index (κ3) is 3.05. The second-order valence-corrected chi connectivity index (χ2v) is 5.94. The van der Waals surface area contributed by atoms with Gasteiger partial charge in [-0.05, 0) is 50.4 Å². The largest absolute Gasteiger partial charge is 0.316 e. The van der Waals surface area contributed by atoms with Crippen LogP contribution in [0.15, 0.2) is 24.3 Å². The van der Waals surface area contributed by atoms with Crippen LogP contribution in [0.3, 0.4) is 0 Å². The molecule has 0 saturated heterocycles. The Morgan fingerprint density at radius 3 is 3.00 bits per heavy atom. The first kappa shape index (κ1) is 11.2. The summed E-state index contributed by atoms with van der Waals surface area (Å²) >= 11 is 1.84. The van der Waals surface area contributed by atoms with Gasteiger partial charge in [0, 0.05) is 6.42 Å². The molecule has 3 rings (SSSR count). The third-order valence-corrected chi connectivity index (χ3v) is 4.31. The summed E-state index contributed by atoms with van der Waals surface area (Å²) in [6.45, 7) is 2.35. The molecular weight excluding hydrogens is 228 g/mol. The number of benzene rings is 1. The molecule has 17 heavy (non-hydrogen) atoms. The number of hydrogen-bond donors (Lipinski definition) is 1. The van der Waals surface area contributed by atoms with Gasteiger partial charge in [0.1, 0.15) is 0 Å². The highest BCUT2D eigenvalue weighted by Crippen LogP contribution is 2.27. The Morgan fingerprint density at radius 2 is 2.18 bits per heavy atom. The van der Waals surface area contributed by atoms with Crippen molar-refractivity contribution < 1.29 is 0 Å². The van der Waals surface area contributed by atoms with Gasteiger partial charge < -0.3 is 5.32 Å². The van der Waals surface area contributed by atoms with Gasteiger partial charge in [0.25, 0.3) is 0 Å². The van der Waals surface area contributed by atoms with Gasteiger partial charge in [0.05, 0.1) is 15.2 Å². The second kappa shape index (κ2) is 5.15. The fourth-order valence-corrected chi connectivity index (χ4v) is 3.03. The number of aryl methyl sites for hydroxylation is 1. The second-order valence-electron chi connectivity index (χ2n) is 4.83. The summed E-state index contributed by atoms with van der Waals surface area (Å²) < 4.78 is 1.31. The Labute approximate surface area is 106 Å². The lowest BCUT2D eigenvalue weighted by Crippen LogP contribution is -2.18. The molecular formula is C14H18N2S. The molecule has 1 N–H and O–H groups in total. The Kier molecular flexibility index (Phi) is 3.39. The molecule has 0 bridgehead atoms. The van der Waals surface area contributed by atoms with Crippen molar-refractivity contribution in [3.63, 3.8) is 0 Å². The van der Waals surface area contributed by atoms with Crippen LogP contribution in [0.4, 0.5) is 0 Å². The van der Waals surface area contributed by atoms with Gasteiger partial charge in [-0.25, -0.2) is 4.98 Å². The molecule has 1 aromatic carbocycles. The van der Waals surface area contributed by atoms with Gasteiger partial charge in [-0.3, -0.25) is 0 Å². The highest BCUT2D eigenvalue weighted by molar-refractivity contribution is 7.18. The zero-order valence-electron chi connectivity index (χ0n) is 9.98. The van der Waals surface area contributed by atoms with E-state index in [4.69, 9.17) is 0 Å². The maximum atomic E-state index is 4.65. The molecule has 2 nitrogen and oxygen atoms in total. The van der Waals surface area contributed by atoms with E-state index in [1.54, 1.807) is 0 Å². The Morgan fingerprint density at radius 1 is 1.29 bits per heavy atom. The van der Waals surface area contributed by atoms with Crippen LogP contribution in [0.2, 0.25) is 0 Å². The van der Waals surface area contributed by atoms with Gasteiger partial charge in [-0.15, -0.1) is 11.3 Å². The van der Waals surface area contributed by atoms with E-state index >= 15 is 0 Å². The van der Waals surface area contributed by atoms with Crippen LogP contribution in [0.1, 0.15) is 24.3 Å². The van der Waals surface area contributed by atoms with Crippen molar-refractivity contribution in [2.45, 2.75) is 25.7 Å². The van der Waals surface area contributed by atoms with Crippen LogP contribution in [0.5, 0.6) is 0 Å². The number of nitrogens with zero attached hydrogens (tertiary/aromatic N) is 1. The summed E-state index contributed by atoms with van der Waals surface area (Å²) in [4.78, 5) is 4.65. The quantitative estimate of drug-likeness (QED) is 0.792. The van der Waals surface area contributed by atoms with E-state index in [9.17, 15) is 0 Å². The molecule has 0 spiro atoms. The first-order valence-electron chi connectivity index (χ1n) is 6.47. The lowest BCUT2D eigenvalue weighted by atomic mass is 10.3. The van der Waals surface area contributed by atoms with Gasteiger partial charge in [0.15, 0.2) is 0 Å². The van der Waals surface area contributed by atoms with Crippen molar-refractivity contribution >= 4 is 21.6 Å². The molecule has 90 valence electrons. The number of thiazole rings is 1. The summed E-state index contributed by atoms with van der Waals surface area (Å²) in [6, 6.07) is 8.40. The summed E-state index contributed by atoms with van der Waals surface area (Å²) in [5.41, 5.74) is 1.15. The summed E-state index contributed by atoms with van der Waals surface area (Å²) in [6.07, 6.45) is 5.18.